The number of fused-ring (bicyclic) bond motifs is 1. The average molecular weight is 339 g/mol. The molecule has 0 unspecified atom stereocenters. The molecule has 0 atom stereocenters. The van der Waals surface area contributed by atoms with E-state index in [1.54, 1.807) is 6.92 Å². The molecule has 25 heavy (non-hydrogen) atoms. The van der Waals surface area contributed by atoms with Gasteiger partial charge in [0.15, 0.2) is 0 Å². The lowest BCUT2D eigenvalue weighted by molar-refractivity contribution is 0.102. The third-order valence-electron chi connectivity index (χ3n) is 5.01. The van der Waals surface area contributed by atoms with Gasteiger partial charge >= 0.3 is 0 Å². The highest BCUT2D eigenvalue weighted by Gasteiger charge is 2.24. The van der Waals surface area contributed by atoms with Crippen LogP contribution in [0.2, 0.25) is 0 Å². The van der Waals surface area contributed by atoms with Crippen molar-refractivity contribution in [2.45, 2.75) is 59.3 Å². The third kappa shape index (κ3) is 3.26. The molecule has 1 N–H and O–H groups in total. The van der Waals surface area contributed by atoms with Gasteiger partial charge < -0.3 is 9.73 Å². The molecular weight excluding hydrogens is 314 g/mol. The lowest BCUT2D eigenvalue weighted by Crippen LogP contribution is -2.28. The summed E-state index contributed by atoms with van der Waals surface area (Å²) in [7, 11) is 0. The van der Waals surface area contributed by atoms with Crippen molar-refractivity contribution in [2.24, 2.45) is 0 Å². The van der Waals surface area contributed by atoms with E-state index in [4.69, 9.17) is 4.42 Å². The van der Waals surface area contributed by atoms with Crippen LogP contribution in [0.3, 0.4) is 0 Å². The Morgan fingerprint density at radius 1 is 1.12 bits per heavy atom. The molecule has 0 radical (unpaired) electrons. The summed E-state index contributed by atoms with van der Waals surface area (Å²) in [4.78, 5) is 25.8. The Hall–Kier alpha value is -2.36. The van der Waals surface area contributed by atoms with Gasteiger partial charge in [0.2, 0.25) is 5.43 Å². The lowest BCUT2D eigenvalue weighted by Gasteiger charge is -2.18. The summed E-state index contributed by atoms with van der Waals surface area (Å²) in [5.41, 5.74) is 3.65. The Balaban J connectivity index is 2.02. The standard InChI is InChI=1S/C21H25NO3/c1-4-14-9-8-10-15(5-2)19(14)22-21(24)18-13(3)25-17-12-7-6-11-16(17)20(18)23/h8-10H,4-7,11-12H2,1-3H3,(H,22,24). The number of benzene rings is 1. The number of carbonyl (C=O) groups is 1. The van der Waals surface area contributed by atoms with Gasteiger partial charge in [-0.05, 0) is 50.2 Å². The fourth-order valence-electron chi connectivity index (χ4n) is 3.62. The highest BCUT2D eigenvalue weighted by molar-refractivity contribution is 6.05. The number of nitrogens with one attached hydrogen (secondary N) is 1. The predicted molar refractivity (Wildman–Crippen MR) is 99.5 cm³/mol. The summed E-state index contributed by atoms with van der Waals surface area (Å²) in [6, 6.07) is 6.03. The predicted octanol–water partition coefficient (Wildman–Crippen LogP) is 4.20. The molecule has 132 valence electrons. The molecule has 0 aliphatic heterocycles. The van der Waals surface area contributed by atoms with Gasteiger partial charge in [-0.3, -0.25) is 9.59 Å². The number of amides is 1. The van der Waals surface area contributed by atoms with Crippen LogP contribution in [0.15, 0.2) is 27.4 Å². The Morgan fingerprint density at radius 2 is 1.76 bits per heavy atom. The zero-order valence-corrected chi connectivity index (χ0v) is 15.2. The number of para-hydroxylation sites is 1. The average Bonchev–Trinajstić information content (AvgIpc) is 2.61. The summed E-state index contributed by atoms with van der Waals surface area (Å²) in [5.74, 6) is 0.805. The molecule has 1 aromatic carbocycles. The quantitative estimate of drug-likeness (QED) is 0.908. The van der Waals surface area contributed by atoms with Crippen LogP contribution in [0, 0.1) is 6.92 Å². The molecule has 4 heteroatoms. The van der Waals surface area contributed by atoms with E-state index in [0.717, 1.165) is 54.7 Å². The number of carbonyl (C=O) groups excluding carboxylic acids is 1. The monoisotopic (exact) mass is 339 g/mol. The second-order valence-electron chi connectivity index (χ2n) is 6.58. The molecule has 0 fully saturated rings. The van der Waals surface area contributed by atoms with E-state index in [1.165, 1.54) is 0 Å². The lowest BCUT2D eigenvalue weighted by atomic mass is 9.95. The highest BCUT2D eigenvalue weighted by atomic mass is 16.3. The smallest absolute Gasteiger partial charge is 0.263 e. The molecule has 3 rings (SSSR count). The number of hydrogen-bond donors (Lipinski definition) is 1. The summed E-state index contributed by atoms with van der Waals surface area (Å²) in [5, 5.41) is 2.99. The van der Waals surface area contributed by atoms with Crippen molar-refractivity contribution in [2.75, 3.05) is 5.32 Å². The first-order valence-corrected chi connectivity index (χ1v) is 9.14. The number of hydrogen-bond acceptors (Lipinski definition) is 3. The molecule has 1 amide bonds. The number of anilines is 1. The largest absolute Gasteiger partial charge is 0.465 e. The fraction of sp³-hybridized carbons (Fsp3) is 0.429. The minimum absolute atomic E-state index is 0.147. The highest BCUT2D eigenvalue weighted by Crippen LogP contribution is 2.25. The van der Waals surface area contributed by atoms with E-state index < -0.39 is 0 Å². The van der Waals surface area contributed by atoms with Crippen LogP contribution in [0.1, 0.15) is 65.3 Å². The molecule has 0 spiro atoms. The van der Waals surface area contributed by atoms with E-state index in [-0.39, 0.29) is 16.9 Å². The molecule has 4 nitrogen and oxygen atoms in total. The summed E-state index contributed by atoms with van der Waals surface area (Å²) in [6.07, 6.45) is 5.13. The SMILES string of the molecule is CCc1cccc(CC)c1NC(=O)c1c(C)oc2c(c1=O)CCCC2. The van der Waals surface area contributed by atoms with Gasteiger partial charge in [0.25, 0.3) is 5.91 Å². The molecule has 0 saturated carbocycles. The minimum Gasteiger partial charge on any atom is -0.465 e. The van der Waals surface area contributed by atoms with Gasteiger partial charge in [0, 0.05) is 17.7 Å². The Morgan fingerprint density at radius 3 is 2.40 bits per heavy atom. The van der Waals surface area contributed by atoms with E-state index in [1.807, 2.05) is 18.2 Å². The maximum atomic E-state index is 12.9. The molecule has 1 heterocycles. The molecule has 1 aliphatic carbocycles. The second-order valence-corrected chi connectivity index (χ2v) is 6.58. The fourth-order valence-corrected chi connectivity index (χ4v) is 3.62. The second kappa shape index (κ2) is 7.26. The van der Waals surface area contributed by atoms with Crippen LogP contribution < -0.4 is 10.7 Å². The van der Waals surface area contributed by atoms with Crippen molar-refractivity contribution in [3.63, 3.8) is 0 Å². The van der Waals surface area contributed by atoms with Gasteiger partial charge in [-0.15, -0.1) is 0 Å². The zero-order valence-electron chi connectivity index (χ0n) is 15.2. The molecule has 1 aliphatic rings. The first-order chi connectivity index (χ1) is 12.1. The van der Waals surface area contributed by atoms with Gasteiger partial charge in [-0.25, -0.2) is 0 Å². The van der Waals surface area contributed by atoms with Crippen molar-refractivity contribution in [3.8, 4) is 0 Å². The van der Waals surface area contributed by atoms with Gasteiger partial charge in [0.1, 0.15) is 17.1 Å². The first-order valence-electron chi connectivity index (χ1n) is 9.14. The van der Waals surface area contributed by atoms with E-state index in [2.05, 4.69) is 19.2 Å². The van der Waals surface area contributed by atoms with E-state index in [9.17, 15) is 9.59 Å². The summed E-state index contributed by atoms with van der Waals surface area (Å²) in [6.45, 7) is 5.82. The van der Waals surface area contributed by atoms with Crippen molar-refractivity contribution in [3.05, 3.63) is 62.2 Å². The topological polar surface area (TPSA) is 59.3 Å². The van der Waals surface area contributed by atoms with Crippen LogP contribution in [0.5, 0.6) is 0 Å². The summed E-state index contributed by atoms with van der Waals surface area (Å²) < 4.78 is 5.82. The zero-order chi connectivity index (χ0) is 18.0. The van der Waals surface area contributed by atoms with Gasteiger partial charge in [-0.1, -0.05) is 32.0 Å². The molecule has 2 aromatic rings. The van der Waals surface area contributed by atoms with E-state index >= 15 is 0 Å². The Bertz CT molecular complexity index is 842. The normalized spacial score (nSPS) is 13.4. The van der Waals surface area contributed by atoms with Crippen molar-refractivity contribution >= 4 is 11.6 Å². The summed E-state index contributed by atoms with van der Waals surface area (Å²) >= 11 is 0. The van der Waals surface area contributed by atoms with Crippen LogP contribution in [-0.4, -0.2) is 5.91 Å². The molecule has 1 aromatic heterocycles. The van der Waals surface area contributed by atoms with Crippen molar-refractivity contribution < 1.29 is 9.21 Å². The molecule has 0 saturated heterocycles. The Labute approximate surface area is 148 Å². The maximum absolute atomic E-state index is 12.9. The Kier molecular flexibility index (Phi) is 5.07. The van der Waals surface area contributed by atoms with Gasteiger partial charge in [-0.2, -0.15) is 0 Å². The molecule has 0 bridgehead atoms. The van der Waals surface area contributed by atoms with Crippen LogP contribution in [0.25, 0.3) is 0 Å². The first kappa shape index (κ1) is 17.5. The molecular formula is C21H25NO3. The van der Waals surface area contributed by atoms with Crippen molar-refractivity contribution in [1.82, 2.24) is 0 Å². The minimum atomic E-state index is -0.366. The van der Waals surface area contributed by atoms with Crippen LogP contribution in [-0.2, 0) is 25.7 Å². The van der Waals surface area contributed by atoms with Gasteiger partial charge in [0.05, 0.1) is 0 Å². The van der Waals surface area contributed by atoms with E-state index in [0.29, 0.717) is 17.7 Å². The maximum Gasteiger partial charge on any atom is 0.263 e. The van der Waals surface area contributed by atoms with Crippen molar-refractivity contribution in [1.29, 1.82) is 0 Å². The number of rotatable bonds is 4. The number of aryl methyl sites for hydroxylation is 4. The van der Waals surface area contributed by atoms with Crippen LogP contribution >= 0.6 is 0 Å². The third-order valence-corrected chi connectivity index (χ3v) is 5.01. The van der Waals surface area contributed by atoms with Crippen LogP contribution in [0.4, 0.5) is 5.69 Å².